The molecule has 1 N–H and O–H groups in total. The Morgan fingerprint density at radius 3 is 2.75 bits per heavy atom. The van der Waals surface area contributed by atoms with E-state index in [1.54, 1.807) is 7.11 Å². The van der Waals surface area contributed by atoms with Crippen molar-refractivity contribution < 1.29 is 4.74 Å². The van der Waals surface area contributed by atoms with Gasteiger partial charge in [-0.05, 0) is 25.7 Å². The summed E-state index contributed by atoms with van der Waals surface area (Å²) in [6, 6.07) is 0.490. The van der Waals surface area contributed by atoms with Crippen molar-refractivity contribution in [3.05, 3.63) is 10.6 Å². The zero-order valence-corrected chi connectivity index (χ0v) is 13.9. The number of hydrogen-bond acceptors (Lipinski definition) is 5. The molecule has 1 aromatic rings. The van der Waals surface area contributed by atoms with Crippen molar-refractivity contribution in [2.75, 3.05) is 25.1 Å². The van der Waals surface area contributed by atoms with Gasteiger partial charge in [0.15, 0.2) is 5.13 Å². The summed E-state index contributed by atoms with van der Waals surface area (Å²) in [7, 11) is 1.74. The Kier molecular flexibility index (Phi) is 5.81. The van der Waals surface area contributed by atoms with Gasteiger partial charge in [-0.15, -0.1) is 11.3 Å². The van der Waals surface area contributed by atoms with Crippen molar-refractivity contribution in [2.45, 2.75) is 52.8 Å². The fourth-order valence-corrected chi connectivity index (χ4v) is 3.23. The summed E-state index contributed by atoms with van der Waals surface area (Å²) in [5.41, 5.74) is 1.09. The second kappa shape index (κ2) is 7.38. The lowest BCUT2D eigenvalue weighted by Crippen LogP contribution is -2.25. The first-order chi connectivity index (χ1) is 9.63. The molecule has 2 rings (SSSR count). The predicted octanol–water partition coefficient (Wildman–Crippen LogP) is 3.02. The number of methoxy groups -OCH3 is 1. The maximum atomic E-state index is 5.29. The molecule has 114 valence electrons. The van der Waals surface area contributed by atoms with Crippen molar-refractivity contribution >= 4 is 16.5 Å². The van der Waals surface area contributed by atoms with E-state index in [1.165, 1.54) is 17.7 Å². The maximum absolute atomic E-state index is 5.29. The summed E-state index contributed by atoms with van der Waals surface area (Å²) in [6.07, 6.45) is 2.77. The van der Waals surface area contributed by atoms with Gasteiger partial charge in [-0.3, -0.25) is 0 Å². The molecule has 0 amide bonds. The molecule has 5 heteroatoms. The van der Waals surface area contributed by atoms with Crippen molar-refractivity contribution in [3.8, 4) is 0 Å². The van der Waals surface area contributed by atoms with Gasteiger partial charge >= 0.3 is 0 Å². The molecule has 0 spiro atoms. The maximum Gasteiger partial charge on any atom is 0.185 e. The highest BCUT2D eigenvalue weighted by Crippen LogP contribution is 2.33. The van der Waals surface area contributed by atoms with Gasteiger partial charge in [-0.1, -0.05) is 13.8 Å². The number of thiazole rings is 1. The van der Waals surface area contributed by atoms with E-state index in [2.05, 4.69) is 31.0 Å². The number of anilines is 1. The van der Waals surface area contributed by atoms with Crippen LogP contribution in [0.2, 0.25) is 0 Å². The summed E-state index contributed by atoms with van der Waals surface area (Å²) in [5, 5.41) is 4.64. The number of ether oxygens (including phenoxy) is 1. The Morgan fingerprint density at radius 2 is 2.20 bits per heavy atom. The molecule has 4 nitrogen and oxygen atoms in total. The van der Waals surface area contributed by atoms with E-state index in [0.717, 1.165) is 36.4 Å². The second-order valence-corrected chi connectivity index (χ2v) is 6.88. The molecular weight excluding hydrogens is 270 g/mol. The van der Waals surface area contributed by atoms with Crippen LogP contribution in [0.25, 0.3) is 0 Å². The molecule has 0 saturated heterocycles. The molecule has 20 heavy (non-hydrogen) atoms. The van der Waals surface area contributed by atoms with Gasteiger partial charge in [0.1, 0.15) is 0 Å². The highest BCUT2D eigenvalue weighted by Gasteiger charge is 2.25. The average Bonchev–Trinajstić information content (AvgIpc) is 3.15. The third kappa shape index (κ3) is 4.43. The molecule has 1 saturated carbocycles. The van der Waals surface area contributed by atoms with Gasteiger partial charge in [-0.25, -0.2) is 4.98 Å². The van der Waals surface area contributed by atoms with E-state index in [1.807, 2.05) is 11.3 Å². The van der Waals surface area contributed by atoms with Crippen LogP contribution in [-0.4, -0.2) is 31.2 Å². The van der Waals surface area contributed by atoms with Crippen LogP contribution < -0.4 is 10.2 Å². The van der Waals surface area contributed by atoms with Crippen LogP contribution >= 0.6 is 11.3 Å². The first kappa shape index (κ1) is 15.7. The highest BCUT2D eigenvalue weighted by molar-refractivity contribution is 7.15. The molecular formula is C15H27N3OS. The van der Waals surface area contributed by atoms with Crippen LogP contribution in [0.4, 0.5) is 5.13 Å². The SMILES string of the molecule is CCN(CC1CC1)c1nc(COC)c(CNC(C)C)s1. The molecule has 1 aliphatic rings. The minimum absolute atomic E-state index is 0.490. The smallest absolute Gasteiger partial charge is 0.185 e. The van der Waals surface area contributed by atoms with Crippen LogP contribution in [0.1, 0.15) is 44.2 Å². The van der Waals surface area contributed by atoms with E-state index >= 15 is 0 Å². The quantitative estimate of drug-likeness (QED) is 0.760. The van der Waals surface area contributed by atoms with Gasteiger partial charge in [0.2, 0.25) is 0 Å². The summed E-state index contributed by atoms with van der Waals surface area (Å²) in [6.45, 7) is 10.2. The molecule has 0 atom stereocenters. The van der Waals surface area contributed by atoms with Crippen molar-refractivity contribution in [1.29, 1.82) is 0 Å². The predicted molar refractivity (Wildman–Crippen MR) is 85.4 cm³/mol. The zero-order valence-electron chi connectivity index (χ0n) is 13.1. The van der Waals surface area contributed by atoms with E-state index in [-0.39, 0.29) is 0 Å². The van der Waals surface area contributed by atoms with Crippen LogP contribution in [0.15, 0.2) is 0 Å². The molecule has 0 bridgehead atoms. The zero-order chi connectivity index (χ0) is 14.5. The minimum atomic E-state index is 0.490. The molecule has 0 aromatic carbocycles. The largest absolute Gasteiger partial charge is 0.378 e. The highest BCUT2D eigenvalue weighted by atomic mass is 32.1. The molecule has 0 aliphatic heterocycles. The van der Waals surface area contributed by atoms with Crippen LogP contribution in [0.3, 0.4) is 0 Å². The summed E-state index contributed by atoms with van der Waals surface area (Å²) < 4.78 is 5.29. The Morgan fingerprint density at radius 1 is 1.45 bits per heavy atom. The van der Waals surface area contributed by atoms with Gasteiger partial charge in [0.05, 0.1) is 12.3 Å². The van der Waals surface area contributed by atoms with Crippen molar-refractivity contribution in [2.24, 2.45) is 5.92 Å². The lowest BCUT2D eigenvalue weighted by atomic mass is 10.3. The first-order valence-electron chi connectivity index (χ1n) is 7.59. The average molecular weight is 297 g/mol. The third-order valence-electron chi connectivity index (χ3n) is 3.55. The number of nitrogens with zero attached hydrogens (tertiary/aromatic N) is 2. The Bertz CT molecular complexity index is 415. The second-order valence-electron chi connectivity index (χ2n) is 5.82. The van der Waals surface area contributed by atoms with Gasteiger partial charge in [-0.2, -0.15) is 0 Å². The van der Waals surface area contributed by atoms with Gasteiger partial charge < -0.3 is 15.0 Å². The Hall–Kier alpha value is -0.650. The number of aromatic nitrogens is 1. The standard InChI is InChI=1S/C15H27N3OS/c1-5-18(9-12-6-7-12)15-17-13(10-19-4)14(20-15)8-16-11(2)3/h11-12,16H,5-10H2,1-4H3. The fourth-order valence-electron chi connectivity index (χ4n) is 2.14. The van der Waals surface area contributed by atoms with E-state index < -0.39 is 0 Å². The summed E-state index contributed by atoms with van der Waals surface area (Å²) >= 11 is 1.82. The van der Waals surface area contributed by atoms with Gasteiger partial charge in [0, 0.05) is 37.7 Å². The first-order valence-corrected chi connectivity index (χ1v) is 8.41. The van der Waals surface area contributed by atoms with Crippen LogP contribution in [0, 0.1) is 5.92 Å². The Balaban J connectivity index is 2.08. The molecule has 1 aromatic heterocycles. The topological polar surface area (TPSA) is 37.4 Å². The van der Waals surface area contributed by atoms with Crippen LogP contribution in [-0.2, 0) is 17.9 Å². The Labute approximate surface area is 126 Å². The lowest BCUT2D eigenvalue weighted by molar-refractivity contribution is 0.181. The van der Waals surface area contributed by atoms with Gasteiger partial charge in [0.25, 0.3) is 0 Å². The summed E-state index contributed by atoms with van der Waals surface area (Å²) in [4.78, 5) is 8.54. The van der Waals surface area contributed by atoms with E-state index in [0.29, 0.717) is 12.6 Å². The number of rotatable bonds is 9. The number of hydrogen-bond donors (Lipinski definition) is 1. The number of nitrogens with one attached hydrogen (secondary N) is 1. The van der Waals surface area contributed by atoms with Crippen molar-refractivity contribution in [3.63, 3.8) is 0 Å². The fraction of sp³-hybridized carbons (Fsp3) is 0.800. The van der Waals surface area contributed by atoms with Crippen molar-refractivity contribution in [1.82, 2.24) is 10.3 Å². The molecule has 0 radical (unpaired) electrons. The van der Waals surface area contributed by atoms with Crippen LogP contribution in [0.5, 0.6) is 0 Å². The normalized spacial score (nSPS) is 15.1. The molecule has 1 aliphatic carbocycles. The lowest BCUT2D eigenvalue weighted by Gasteiger charge is -2.19. The monoisotopic (exact) mass is 297 g/mol. The molecule has 0 unspecified atom stereocenters. The summed E-state index contributed by atoms with van der Waals surface area (Å²) in [5.74, 6) is 0.891. The molecule has 1 heterocycles. The minimum Gasteiger partial charge on any atom is -0.378 e. The van der Waals surface area contributed by atoms with E-state index in [4.69, 9.17) is 9.72 Å². The van der Waals surface area contributed by atoms with E-state index in [9.17, 15) is 0 Å². The molecule has 1 fully saturated rings. The third-order valence-corrected chi connectivity index (χ3v) is 4.71.